The fourth-order valence-corrected chi connectivity index (χ4v) is 0. The minimum absolute atomic E-state index is 0. The van der Waals surface area contributed by atoms with Crippen molar-refractivity contribution in [3.63, 3.8) is 0 Å². The van der Waals surface area contributed by atoms with E-state index in [2.05, 4.69) is 0 Å². The molecule has 0 atom stereocenters. The van der Waals surface area contributed by atoms with E-state index < -0.39 is 19.2 Å². The van der Waals surface area contributed by atoms with Crippen LogP contribution < -0.4 is 0 Å². The molecule has 0 fully saturated rings. The minimum atomic E-state index is -15.4. The molecule has 0 saturated heterocycles. The second-order valence-corrected chi connectivity index (χ2v) is 11.8. The molecule has 0 bridgehead atoms. The molecule has 0 radical (unpaired) electrons. The average molecular weight is 590 g/mol. The van der Waals surface area contributed by atoms with Crippen molar-refractivity contribution < 1.29 is 145 Å². The zero-order valence-corrected chi connectivity index (χ0v) is 19.3. The summed E-state index contributed by atoms with van der Waals surface area (Å²) in [7, 11) is 0. The average Bonchev–Trinajstić information content (AvgIpc) is 0.503. The van der Waals surface area contributed by atoms with E-state index >= 15 is 0 Å². The van der Waals surface area contributed by atoms with Crippen LogP contribution in [-0.2, 0) is 58.2 Å². The summed E-state index contributed by atoms with van der Waals surface area (Å²) in [6.07, 6.45) is 0. The zero-order valence-electron chi connectivity index (χ0n) is 10.9. The Morgan fingerprint density at radius 3 is 0.261 bits per heavy atom. The van der Waals surface area contributed by atoms with E-state index in [4.69, 9.17) is 0 Å². The minimum Gasteiger partial charge on any atom is 2.00 e. The summed E-state index contributed by atoms with van der Waals surface area (Å²) in [5.74, 6) is 0. The van der Waals surface area contributed by atoms with Crippen LogP contribution in [0.25, 0.3) is 0 Å². The Balaban J connectivity index is -0.00000000352. The quantitative estimate of drug-likeness (QED) is 0.188. The van der Waals surface area contributed by atoms with Crippen LogP contribution in [0.5, 0.6) is 0 Å². The molecular weight excluding hydrogens is 566 g/mol. The molecule has 0 unspecified atom stereocenters. The SMILES string of the molecule is O.O.O.O.O.O.O.O.O.O.O.O.[F][Zr-4]([F])([F])([F])([F])([F])([F])[F].[Zn+2].[Zn+2]. The maximum atomic E-state index is 9.95. The van der Waals surface area contributed by atoms with Crippen LogP contribution in [0.3, 0.4) is 0 Å². The molecule has 0 rings (SSSR count). The van der Waals surface area contributed by atoms with Gasteiger partial charge in [0.05, 0.1) is 0 Å². The first-order valence-corrected chi connectivity index (χ1v) is 8.94. The van der Waals surface area contributed by atoms with Crippen molar-refractivity contribution in [2.45, 2.75) is 0 Å². The summed E-state index contributed by atoms with van der Waals surface area (Å²) in [5.41, 5.74) is 0. The van der Waals surface area contributed by atoms with Gasteiger partial charge >= 0.3 is 79.2 Å². The van der Waals surface area contributed by atoms with Crippen molar-refractivity contribution in [3.05, 3.63) is 0 Å². The summed E-state index contributed by atoms with van der Waals surface area (Å²) in [6.45, 7) is 0. The third-order valence-electron chi connectivity index (χ3n) is 0. The van der Waals surface area contributed by atoms with Crippen LogP contribution in [-0.4, -0.2) is 65.7 Å². The topological polar surface area (TPSA) is 378 Å². The van der Waals surface area contributed by atoms with Gasteiger partial charge in [0.1, 0.15) is 0 Å². The van der Waals surface area contributed by atoms with Crippen LogP contribution in [0.4, 0.5) is 21.0 Å². The molecule has 0 heterocycles. The van der Waals surface area contributed by atoms with Crippen molar-refractivity contribution in [2.24, 2.45) is 0 Å². The third-order valence-corrected chi connectivity index (χ3v) is 0. The Morgan fingerprint density at radius 1 is 0.261 bits per heavy atom. The Labute approximate surface area is 144 Å². The van der Waals surface area contributed by atoms with E-state index in [9.17, 15) is 21.0 Å². The number of rotatable bonds is 0. The van der Waals surface area contributed by atoms with Crippen molar-refractivity contribution in [1.29, 1.82) is 0 Å². The largest absolute Gasteiger partial charge is 2.00 e. The van der Waals surface area contributed by atoms with E-state index in [-0.39, 0.29) is 105 Å². The molecule has 0 aliphatic rings. The van der Waals surface area contributed by atoms with E-state index in [1.807, 2.05) is 0 Å². The van der Waals surface area contributed by atoms with Crippen molar-refractivity contribution in [1.82, 2.24) is 0 Å². The molecule has 0 aromatic rings. The van der Waals surface area contributed by atoms with Gasteiger partial charge in [-0.1, -0.05) is 0 Å². The van der Waals surface area contributed by atoms with E-state index in [1.54, 1.807) is 0 Å². The second-order valence-electron chi connectivity index (χ2n) is 2.00. The van der Waals surface area contributed by atoms with Crippen LogP contribution in [0, 0.1) is 0 Å². The maximum absolute atomic E-state index is 15.4. The van der Waals surface area contributed by atoms with Crippen molar-refractivity contribution in [3.8, 4) is 0 Å². The zero-order chi connectivity index (χ0) is 8.35. The molecule has 0 aliphatic heterocycles. The summed E-state index contributed by atoms with van der Waals surface area (Å²) >= 11 is -15.4. The van der Waals surface area contributed by atoms with E-state index in [0.717, 1.165) is 0 Å². The second kappa shape index (κ2) is 13.3. The predicted octanol–water partition coefficient (Wildman–Crippen LogP) is -6.54. The third kappa shape index (κ3) is 8650. The van der Waals surface area contributed by atoms with Gasteiger partial charge in [-0.3, -0.25) is 0 Å². The molecule has 0 aromatic carbocycles. The van der Waals surface area contributed by atoms with Gasteiger partial charge in [0.2, 0.25) is 0 Å². The standard InChI is InChI=1S/8FH.12H2O.2Zn.Zr/h8*1H;12*1H2;;;/q;;;;;;;;;;;;;;;;;;;;2*+2;+4/p-8. The van der Waals surface area contributed by atoms with Crippen LogP contribution in [0.15, 0.2) is 0 Å². The predicted molar refractivity (Wildman–Crippen MR) is 52.2 cm³/mol. The van der Waals surface area contributed by atoms with Gasteiger partial charge in [-0.2, -0.15) is 0 Å². The molecule has 0 saturated carbocycles. The van der Waals surface area contributed by atoms with E-state index in [0.29, 0.717) is 0 Å². The molecule has 0 aromatic heterocycles. The Bertz CT molecular complexity index is 170. The molecule has 160 valence electrons. The molecule has 0 amide bonds. The molecule has 0 spiro atoms. The number of hydrogen-bond acceptors (Lipinski definition) is 0. The number of halogens is 8. The molecule has 23 heteroatoms. The van der Waals surface area contributed by atoms with Gasteiger partial charge in [-0.25, -0.2) is 0 Å². The fourth-order valence-electron chi connectivity index (χ4n) is 0. The van der Waals surface area contributed by atoms with Gasteiger partial charge in [0, 0.05) is 0 Å². The molecule has 0 aliphatic carbocycles. The van der Waals surface area contributed by atoms with Crippen LogP contribution >= 0.6 is 0 Å². The van der Waals surface area contributed by atoms with Gasteiger partial charge in [-0.05, 0) is 0 Å². The first-order chi connectivity index (χ1) is 2.83. The molecule has 12 nitrogen and oxygen atoms in total. The summed E-state index contributed by atoms with van der Waals surface area (Å²) < 4.78 is 79.6. The first kappa shape index (κ1) is 155. The van der Waals surface area contributed by atoms with Crippen molar-refractivity contribution >= 4 is 0 Å². The smallest absolute Gasteiger partial charge is 2.00 e. The van der Waals surface area contributed by atoms with Gasteiger partial charge in [-0.15, -0.1) is 0 Å². The summed E-state index contributed by atoms with van der Waals surface area (Å²) in [4.78, 5) is 0. The Hall–Kier alpha value is 1.09. The fraction of sp³-hybridized carbons (Fsp3) is 0. The Morgan fingerprint density at radius 2 is 0.261 bits per heavy atom. The normalized spacial score (nSPS) is 12.2. The summed E-state index contributed by atoms with van der Waals surface area (Å²) in [6, 6.07) is 0. The molecule has 23 heavy (non-hydrogen) atoms. The first-order valence-electron chi connectivity index (χ1n) is 1.51. The monoisotopic (exact) mass is 586 g/mol. The summed E-state index contributed by atoms with van der Waals surface area (Å²) in [5, 5.41) is 0. The van der Waals surface area contributed by atoms with E-state index in [1.165, 1.54) is 0 Å². The van der Waals surface area contributed by atoms with Gasteiger partial charge in [0.25, 0.3) is 0 Å². The maximum Gasteiger partial charge on any atom is 2.00 e. The van der Waals surface area contributed by atoms with Crippen LogP contribution in [0.1, 0.15) is 0 Å². The number of hydrogen-bond donors (Lipinski definition) is 0. The Kier molecular flexibility index (Phi) is 90.0. The van der Waals surface area contributed by atoms with Gasteiger partial charge < -0.3 is 65.7 Å². The van der Waals surface area contributed by atoms with Gasteiger partial charge in [0.15, 0.2) is 0 Å². The van der Waals surface area contributed by atoms with Crippen LogP contribution in [0.2, 0.25) is 0 Å². The molecular formula is H24F8O12Zn2Zr. The molecule has 24 N–H and O–H groups in total. The van der Waals surface area contributed by atoms with Crippen molar-refractivity contribution in [2.75, 3.05) is 0 Å².